The van der Waals surface area contributed by atoms with Gasteiger partial charge in [0.15, 0.2) is 0 Å². The van der Waals surface area contributed by atoms with E-state index in [1.165, 1.54) is 5.56 Å². The van der Waals surface area contributed by atoms with Crippen LogP contribution in [0, 0.1) is 0 Å². The fourth-order valence-electron chi connectivity index (χ4n) is 5.79. The number of rotatable bonds is 13. The van der Waals surface area contributed by atoms with Crippen molar-refractivity contribution in [1.82, 2.24) is 14.9 Å². The molecule has 2 aromatic heterocycles. The molecule has 0 spiro atoms. The van der Waals surface area contributed by atoms with Crippen LogP contribution in [-0.4, -0.2) is 54.1 Å². The zero-order valence-electron chi connectivity index (χ0n) is 24.9. The van der Waals surface area contributed by atoms with Gasteiger partial charge in [0.05, 0.1) is 19.1 Å². The highest BCUT2D eigenvalue weighted by Gasteiger charge is 2.33. The molecule has 2 N–H and O–H groups in total. The fourth-order valence-corrected chi connectivity index (χ4v) is 5.79. The molecule has 0 saturated heterocycles. The first kappa shape index (κ1) is 30.2. The third-order valence-electron chi connectivity index (χ3n) is 7.31. The highest BCUT2D eigenvalue weighted by atomic mass is 16.5. The average molecular weight is 536 g/mol. The first-order valence-corrected chi connectivity index (χ1v) is 14.3. The number of aromatic amines is 2. The van der Waals surface area contributed by atoms with Crippen molar-refractivity contribution in [3.8, 4) is 0 Å². The first-order chi connectivity index (χ1) is 18.8. The Balaban J connectivity index is 2.44. The molecule has 39 heavy (non-hydrogen) atoms. The van der Waals surface area contributed by atoms with Crippen molar-refractivity contribution in [1.29, 1.82) is 0 Å². The van der Waals surface area contributed by atoms with Crippen LogP contribution in [0.4, 0.5) is 0 Å². The summed E-state index contributed by atoms with van der Waals surface area (Å²) in [5, 5.41) is 0. The van der Waals surface area contributed by atoms with Crippen molar-refractivity contribution >= 4 is 11.9 Å². The lowest BCUT2D eigenvalue weighted by atomic mass is 9.83. The Labute approximate surface area is 233 Å². The van der Waals surface area contributed by atoms with Crippen LogP contribution in [-0.2, 0) is 41.7 Å². The number of carbonyl (C=O) groups is 2. The summed E-state index contributed by atoms with van der Waals surface area (Å²) in [4.78, 5) is 35.4. The Bertz CT molecular complexity index is 1210. The van der Waals surface area contributed by atoms with Gasteiger partial charge in [-0.2, -0.15) is 0 Å². The predicted octanol–water partition coefficient (Wildman–Crippen LogP) is 6.19. The van der Waals surface area contributed by atoms with E-state index in [1.54, 1.807) is 0 Å². The molecule has 0 atom stereocenters. The molecule has 212 valence electrons. The SMILES string of the molecule is CCOC(=O)c1[nH]c(C(c2ccccc2CN(C)C)c2[nH]c(C(=O)OCC)c(CC)c2CC)c(CC)c1CC. The monoisotopic (exact) mass is 535 g/mol. The van der Waals surface area contributed by atoms with E-state index in [0.29, 0.717) is 37.4 Å². The molecule has 0 unspecified atom stereocenters. The second kappa shape index (κ2) is 13.7. The molecular weight excluding hydrogens is 490 g/mol. The predicted molar refractivity (Wildman–Crippen MR) is 156 cm³/mol. The Morgan fingerprint density at radius 1 is 0.718 bits per heavy atom. The van der Waals surface area contributed by atoms with E-state index in [1.807, 2.05) is 13.8 Å². The van der Waals surface area contributed by atoms with Crippen LogP contribution in [0.25, 0.3) is 0 Å². The maximum absolute atomic E-state index is 13.1. The zero-order valence-corrected chi connectivity index (χ0v) is 24.9. The highest BCUT2D eigenvalue weighted by Crippen LogP contribution is 2.41. The third-order valence-corrected chi connectivity index (χ3v) is 7.31. The number of ether oxygens (including phenoxy) is 2. The smallest absolute Gasteiger partial charge is 0.355 e. The summed E-state index contributed by atoms with van der Waals surface area (Å²) in [5.74, 6) is -0.911. The molecule has 0 bridgehead atoms. The zero-order chi connectivity index (χ0) is 28.7. The minimum absolute atomic E-state index is 0.243. The Hall–Kier alpha value is -3.32. The van der Waals surface area contributed by atoms with Gasteiger partial charge in [0.1, 0.15) is 11.4 Å². The van der Waals surface area contributed by atoms with Crippen LogP contribution in [0.15, 0.2) is 24.3 Å². The molecule has 7 nitrogen and oxygen atoms in total. The van der Waals surface area contributed by atoms with Crippen molar-refractivity contribution in [2.45, 2.75) is 79.7 Å². The van der Waals surface area contributed by atoms with E-state index in [9.17, 15) is 9.59 Å². The molecule has 0 aliphatic carbocycles. The van der Waals surface area contributed by atoms with Gasteiger partial charge in [-0.3, -0.25) is 0 Å². The number of esters is 2. The van der Waals surface area contributed by atoms with Crippen LogP contribution in [0.3, 0.4) is 0 Å². The number of hydrogen-bond acceptors (Lipinski definition) is 5. The lowest BCUT2D eigenvalue weighted by Gasteiger charge is -2.24. The summed E-state index contributed by atoms with van der Waals surface area (Å²) >= 11 is 0. The standard InChI is InChI=1S/C32H45N3O4/c1-9-21-23(11-3)29(31(36)38-13-5)33-27(21)26(25-18-16-15-17-20(25)19-35(7)8)28-22(10-2)24(12-4)30(34-28)32(37)39-14-6/h15-18,26,33-34H,9-14,19H2,1-8H3. The Kier molecular flexibility index (Phi) is 10.6. The van der Waals surface area contributed by atoms with Crippen LogP contribution in [0.2, 0.25) is 0 Å². The van der Waals surface area contributed by atoms with E-state index in [-0.39, 0.29) is 17.9 Å². The normalized spacial score (nSPS) is 11.4. The number of aromatic nitrogens is 2. The molecule has 1 aromatic carbocycles. The van der Waals surface area contributed by atoms with Crippen molar-refractivity contribution < 1.29 is 19.1 Å². The number of carbonyl (C=O) groups excluding carboxylic acids is 2. The second-order valence-electron chi connectivity index (χ2n) is 9.97. The molecule has 3 rings (SSSR count). The third kappa shape index (κ3) is 6.14. The second-order valence-corrected chi connectivity index (χ2v) is 9.97. The van der Waals surface area contributed by atoms with E-state index in [2.05, 4.69) is 80.9 Å². The van der Waals surface area contributed by atoms with Crippen LogP contribution >= 0.6 is 0 Å². The van der Waals surface area contributed by atoms with Gasteiger partial charge in [0, 0.05) is 17.9 Å². The highest BCUT2D eigenvalue weighted by molar-refractivity contribution is 5.91. The summed E-state index contributed by atoms with van der Waals surface area (Å²) in [5.41, 5.74) is 9.53. The van der Waals surface area contributed by atoms with Gasteiger partial charge in [0.25, 0.3) is 0 Å². The quantitative estimate of drug-likeness (QED) is 0.255. The molecule has 0 aliphatic rings. The van der Waals surface area contributed by atoms with Gasteiger partial charge in [-0.25, -0.2) is 9.59 Å². The number of H-pyrrole nitrogens is 2. The molecule has 0 saturated carbocycles. The minimum atomic E-state index is -0.334. The lowest BCUT2D eigenvalue weighted by Crippen LogP contribution is -2.17. The molecule has 0 amide bonds. The van der Waals surface area contributed by atoms with E-state index < -0.39 is 0 Å². The van der Waals surface area contributed by atoms with Gasteiger partial charge in [0.2, 0.25) is 0 Å². The van der Waals surface area contributed by atoms with Gasteiger partial charge in [-0.05, 0) is 87.0 Å². The van der Waals surface area contributed by atoms with Crippen molar-refractivity contribution in [3.63, 3.8) is 0 Å². The maximum Gasteiger partial charge on any atom is 0.355 e. The fraction of sp³-hybridized carbons (Fsp3) is 0.500. The number of nitrogens with one attached hydrogen (secondary N) is 2. The molecule has 3 aromatic rings. The summed E-state index contributed by atoms with van der Waals surface area (Å²) in [6.07, 6.45) is 2.93. The Morgan fingerprint density at radius 2 is 1.15 bits per heavy atom. The number of nitrogens with zero attached hydrogens (tertiary/aromatic N) is 1. The molecule has 0 radical (unpaired) electrons. The van der Waals surface area contributed by atoms with Gasteiger partial charge in [-0.15, -0.1) is 0 Å². The van der Waals surface area contributed by atoms with Gasteiger partial charge in [-0.1, -0.05) is 52.0 Å². The van der Waals surface area contributed by atoms with Crippen LogP contribution in [0.5, 0.6) is 0 Å². The summed E-state index contributed by atoms with van der Waals surface area (Å²) in [7, 11) is 4.12. The average Bonchev–Trinajstić information content (AvgIpc) is 3.48. The molecular formula is C32H45N3O4. The first-order valence-electron chi connectivity index (χ1n) is 14.3. The Morgan fingerprint density at radius 3 is 1.54 bits per heavy atom. The van der Waals surface area contributed by atoms with Crippen LogP contribution < -0.4 is 0 Å². The maximum atomic E-state index is 13.1. The lowest BCUT2D eigenvalue weighted by molar-refractivity contribution is 0.0509. The van der Waals surface area contributed by atoms with Crippen molar-refractivity contribution in [2.24, 2.45) is 0 Å². The topological polar surface area (TPSA) is 87.4 Å². The summed E-state index contributed by atoms with van der Waals surface area (Å²) in [6.45, 7) is 13.4. The van der Waals surface area contributed by atoms with Crippen molar-refractivity contribution in [3.05, 3.63) is 80.4 Å². The van der Waals surface area contributed by atoms with E-state index in [0.717, 1.165) is 58.6 Å². The molecule has 0 aliphatic heterocycles. The minimum Gasteiger partial charge on any atom is -0.461 e. The van der Waals surface area contributed by atoms with E-state index in [4.69, 9.17) is 9.47 Å². The van der Waals surface area contributed by atoms with Gasteiger partial charge >= 0.3 is 11.9 Å². The van der Waals surface area contributed by atoms with E-state index >= 15 is 0 Å². The summed E-state index contributed by atoms with van der Waals surface area (Å²) < 4.78 is 10.9. The molecule has 2 heterocycles. The largest absolute Gasteiger partial charge is 0.461 e. The number of benzene rings is 1. The molecule has 7 heteroatoms. The molecule has 0 fully saturated rings. The van der Waals surface area contributed by atoms with Crippen LogP contribution in [0.1, 0.15) is 113 Å². The number of hydrogen-bond donors (Lipinski definition) is 2. The summed E-state index contributed by atoms with van der Waals surface area (Å²) in [6, 6.07) is 8.44. The van der Waals surface area contributed by atoms with Gasteiger partial charge < -0.3 is 24.3 Å². The van der Waals surface area contributed by atoms with Crippen molar-refractivity contribution in [2.75, 3.05) is 27.3 Å².